The van der Waals surface area contributed by atoms with Gasteiger partial charge in [0.15, 0.2) is 5.96 Å². The molecule has 0 heterocycles. The monoisotopic (exact) mass is 369 g/mol. The molecule has 1 atom stereocenters. The van der Waals surface area contributed by atoms with Crippen LogP contribution >= 0.6 is 24.0 Å². The fraction of sp³-hybridized carbons (Fsp3) is 0.833. The third-order valence-electron chi connectivity index (χ3n) is 3.10. The van der Waals surface area contributed by atoms with Gasteiger partial charge >= 0.3 is 5.97 Å². The third kappa shape index (κ3) is 5.88. The van der Waals surface area contributed by atoms with Crippen LogP contribution in [0.3, 0.4) is 0 Å². The SMILES string of the molecule is CN=C(NCC(C)C(=O)OC)NC1CCCC1.I. The summed E-state index contributed by atoms with van der Waals surface area (Å²) in [5.74, 6) is 0.406. The van der Waals surface area contributed by atoms with E-state index in [0.717, 1.165) is 5.96 Å². The molecule has 0 aromatic heterocycles. The highest BCUT2D eigenvalue weighted by Crippen LogP contribution is 2.17. The minimum Gasteiger partial charge on any atom is -0.469 e. The molecule has 1 unspecified atom stereocenters. The summed E-state index contributed by atoms with van der Waals surface area (Å²) in [7, 11) is 3.15. The summed E-state index contributed by atoms with van der Waals surface area (Å²) in [6.07, 6.45) is 4.97. The summed E-state index contributed by atoms with van der Waals surface area (Å²) in [6.45, 7) is 2.38. The van der Waals surface area contributed by atoms with Gasteiger partial charge in [0.05, 0.1) is 13.0 Å². The Morgan fingerprint density at radius 1 is 1.44 bits per heavy atom. The Morgan fingerprint density at radius 3 is 2.56 bits per heavy atom. The molecule has 1 saturated carbocycles. The number of nitrogens with one attached hydrogen (secondary N) is 2. The summed E-state index contributed by atoms with van der Waals surface area (Å²) in [5, 5.41) is 6.51. The smallest absolute Gasteiger partial charge is 0.310 e. The average molecular weight is 369 g/mol. The fourth-order valence-electron chi connectivity index (χ4n) is 1.99. The zero-order valence-electron chi connectivity index (χ0n) is 11.4. The summed E-state index contributed by atoms with van der Waals surface area (Å²) in [6, 6.07) is 0.523. The van der Waals surface area contributed by atoms with Gasteiger partial charge in [0.1, 0.15) is 0 Å². The van der Waals surface area contributed by atoms with E-state index in [1.54, 1.807) is 7.05 Å². The Hall–Kier alpha value is -0.530. The lowest BCUT2D eigenvalue weighted by Crippen LogP contribution is -2.44. The molecular formula is C12H24IN3O2. The van der Waals surface area contributed by atoms with Gasteiger partial charge in [-0.2, -0.15) is 0 Å². The molecule has 0 bridgehead atoms. The Labute approximate surface area is 126 Å². The number of nitrogens with zero attached hydrogens (tertiary/aromatic N) is 1. The van der Waals surface area contributed by atoms with Crippen LogP contribution in [0.25, 0.3) is 0 Å². The molecule has 0 aromatic rings. The Bertz CT molecular complexity index is 278. The van der Waals surface area contributed by atoms with Crippen LogP contribution in [-0.2, 0) is 9.53 Å². The molecule has 1 rings (SSSR count). The van der Waals surface area contributed by atoms with Crippen LogP contribution < -0.4 is 10.6 Å². The molecule has 1 fully saturated rings. The minimum absolute atomic E-state index is 0. The first-order valence-corrected chi connectivity index (χ1v) is 6.22. The van der Waals surface area contributed by atoms with E-state index in [9.17, 15) is 4.79 Å². The van der Waals surface area contributed by atoms with Crippen LogP contribution in [-0.4, -0.2) is 38.7 Å². The van der Waals surface area contributed by atoms with E-state index < -0.39 is 0 Å². The van der Waals surface area contributed by atoms with Crippen LogP contribution in [0.5, 0.6) is 0 Å². The number of carbonyl (C=O) groups is 1. The molecule has 0 saturated heterocycles. The first-order chi connectivity index (χ1) is 8.17. The number of esters is 1. The minimum atomic E-state index is -0.200. The normalized spacial score (nSPS) is 17.8. The quantitative estimate of drug-likeness (QED) is 0.342. The van der Waals surface area contributed by atoms with Crippen molar-refractivity contribution in [3.05, 3.63) is 0 Å². The Balaban J connectivity index is 0.00000289. The molecule has 18 heavy (non-hydrogen) atoms. The van der Waals surface area contributed by atoms with Gasteiger partial charge in [-0.05, 0) is 12.8 Å². The van der Waals surface area contributed by atoms with Crippen LogP contribution in [0.4, 0.5) is 0 Å². The predicted octanol–water partition coefficient (Wildman–Crippen LogP) is 1.52. The summed E-state index contributed by atoms with van der Waals surface area (Å²) < 4.78 is 4.67. The van der Waals surface area contributed by atoms with Gasteiger partial charge < -0.3 is 15.4 Å². The number of methoxy groups -OCH3 is 1. The second-order valence-electron chi connectivity index (χ2n) is 4.50. The van der Waals surface area contributed by atoms with Crippen LogP contribution in [0, 0.1) is 5.92 Å². The molecule has 5 nitrogen and oxygen atoms in total. The largest absolute Gasteiger partial charge is 0.469 e. The number of ether oxygens (including phenoxy) is 1. The van der Waals surface area contributed by atoms with E-state index in [1.165, 1.54) is 32.8 Å². The van der Waals surface area contributed by atoms with E-state index >= 15 is 0 Å². The Kier molecular flexibility index (Phi) is 9.13. The fourth-order valence-corrected chi connectivity index (χ4v) is 1.99. The molecule has 2 N–H and O–H groups in total. The average Bonchev–Trinajstić information content (AvgIpc) is 2.85. The van der Waals surface area contributed by atoms with Crippen molar-refractivity contribution in [2.45, 2.75) is 38.6 Å². The third-order valence-corrected chi connectivity index (χ3v) is 3.10. The standard InChI is InChI=1S/C12H23N3O2.HI/c1-9(11(16)17-3)8-14-12(13-2)15-10-6-4-5-7-10;/h9-10H,4-8H2,1-3H3,(H2,13,14,15);1H. The second kappa shape index (κ2) is 9.41. The summed E-state index contributed by atoms with van der Waals surface area (Å²) in [4.78, 5) is 15.4. The zero-order valence-corrected chi connectivity index (χ0v) is 13.7. The van der Waals surface area contributed by atoms with Gasteiger partial charge in [0.2, 0.25) is 0 Å². The maximum Gasteiger partial charge on any atom is 0.310 e. The number of hydrogen-bond acceptors (Lipinski definition) is 3. The summed E-state index contributed by atoms with van der Waals surface area (Å²) in [5.41, 5.74) is 0. The number of rotatable bonds is 4. The highest BCUT2D eigenvalue weighted by atomic mass is 127. The summed E-state index contributed by atoms with van der Waals surface area (Å²) >= 11 is 0. The van der Waals surface area contributed by atoms with Crippen molar-refractivity contribution in [2.24, 2.45) is 10.9 Å². The van der Waals surface area contributed by atoms with Crippen molar-refractivity contribution in [1.82, 2.24) is 10.6 Å². The van der Waals surface area contributed by atoms with Crippen molar-refractivity contribution in [2.75, 3.05) is 20.7 Å². The van der Waals surface area contributed by atoms with Crippen molar-refractivity contribution in [1.29, 1.82) is 0 Å². The molecule has 106 valence electrons. The molecular weight excluding hydrogens is 345 g/mol. The number of carbonyl (C=O) groups excluding carboxylic acids is 1. The van der Waals surface area contributed by atoms with Gasteiger partial charge in [-0.25, -0.2) is 0 Å². The highest BCUT2D eigenvalue weighted by molar-refractivity contribution is 14.0. The lowest BCUT2D eigenvalue weighted by atomic mass is 10.2. The van der Waals surface area contributed by atoms with Crippen molar-refractivity contribution < 1.29 is 9.53 Å². The Morgan fingerprint density at radius 2 is 2.06 bits per heavy atom. The van der Waals surface area contributed by atoms with Crippen LogP contribution in [0.1, 0.15) is 32.6 Å². The molecule has 0 aliphatic heterocycles. The maximum atomic E-state index is 11.2. The van der Waals surface area contributed by atoms with Crippen molar-refractivity contribution in [3.8, 4) is 0 Å². The van der Waals surface area contributed by atoms with E-state index in [2.05, 4.69) is 20.4 Å². The van der Waals surface area contributed by atoms with E-state index in [1.807, 2.05) is 6.92 Å². The van der Waals surface area contributed by atoms with Gasteiger partial charge in [-0.1, -0.05) is 19.8 Å². The van der Waals surface area contributed by atoms with E-state index in [0.29, 0.717) is 12.6 Å². The van der Waals surface area contributed by atoms with Gasteiger partial charge in [0.25, 0.3) is 0 Å². The lowest BCUT2D eigenvalue weighted by molar-refractivity contribution is -0.144. The molecule has 0 spiro atoms. The zero-order chi connectivity index (χ0) is 12.7. The molecule has 0 radical (unpaired) electrons. The number of halogens is 1. The molecule has 0 amide bonds. The van der Waals surface area contributed by atoms with Crippen molar-refractivity contribution in [3.63, 3.8) is 0 Å². The first-order valence-electron chi connectivity index (χ1n) is 6.22. The molecule has 1 aliphatic carbocycles. The van der Waals surface area contributed by atoms with Gasteiger partial charge in [-0.15, -0.1) is 24.0 Å². The number of aliphatic imine (C=N–C) groups is 1. The first kappa shape index (κ1) is 17.5. The van der Waals surface area contributed by atoms with Gasteiger partial charge in [-0.3, -0.25) is 9.79 Å². The highest BCUT2D eigenvalue weighted by Gasteiger charge is 2.17. The molecule has 1 aliphatic rings. The van der Waals surface area contributed by atoms with Crippen LogP contribution in [0.2, 0.25) is 0 Å². The van der Waals surface area contributed by atoms with E-state index in [-0.39, 0.29) is 35.9 Å². The molecule has 0 aromatic carbocycles. The predicted molar refractivity (Wildman–Crippen MR) is 83.3 cm³/mol. The van der Waals surface area contributed by atoms with Crippen LogP contribution in [0.15, 0.2) is 4.99 Å². The molecule has 6 heteroatoms. The number of hydrogen-bond donors (Lipinski definition) is 2. The van der Waals surface area contributed by atoms with Crippen molar-refractivity contribution >= 4 is 35.9 Å². The number of guanidine groups is 1. The van der Waals surface area contributed by atoms with Gasteiger partial charge in [0, 0.05) is 19.6 Å². The second-order valence-corrected chi connectivity index (χ2v) is 4.50. The lowest BCUT2D eigenvalue weighted by Gasteiger charge is -2.18. The topological polar surface area (TPSA) is 62.7 Å². The van der Waals surface area contributed by atoms with E-state index in [4.69, 9.17) is 0 Å². The maximum absolute atomic E-state index is 11.2.